The van der Waals surface area contributed by atoms with Crippen molar-refractivity contribution >= 4 is 26.9 Å². The molecule has 0 radical (unpaired) electrons. The molecule has 4 rings (SSSR count). The minimum Gasteiger partial charge on any atom is -0.497 e. The molecule has 2 aromatic heterocycles. The van der Waals surface area contributed by atoms with Gasteiger partial charge in [0.2, 0.25) is 5.78 Å². The minimum absolute atomic E-state index is 0.0175. The van der Waals surface area contributed by atoms with Gasteiger partial charge in [-0.15, -0.1) is 0 Å². The lowest BCUT2D eigenvalue weighted by Crippen LogP contribution is -2.28. The number of carbonyl (C=O) groups excluding carboxylic acids is 1. The van der Waals surface area contributed by atoms with E-state index in [2.05, 4.69) is 0 Å². The molecule has 9 heteroatoms. The highest BCUT2D eigenvalue weighted by Crippen LogP contribution is 2.21. The molecule has 2 heterocycles. The number of nitrogens with zero attached hydrogens (tertiary/aromatic N) is 1. The Hall–Kier alpha value is -3.82. The Morgan fingerprint density at radius 2 is 1.76 bits per heavy atom. The van der Waals surface area contributed by atoms with Crippen LogP contribution < -0.4 is 14.9 Å². The topological polar surface area (TPSA) is 115 Å². The Balaban J connectivity index is 0.000000235. The second kappa shape index (κ2) is 9.76. The van der Waals surface area contributed by atoms with Crippen molar-refractivity contribution in [3.05, 3.63) is 100 Å². The van der Waals surface area contributed by atoms with Crippen molar-refractivity contribution in [2.24, 2.45) is 7.05 Å². The molecule has 0 aliphatic heterocycles. The molecule has 0 fully saturated rings. The average Bonchev–Trinajstić information content (AvgIpc) is 2.78. The molecule has 0 amide bonds. The van der Waals surface area contributed by atoms with Gasteiger partial charge in [0, 0.05) is 17.5 Å². The fourth-order valence-electron chi connectivity index (χ4n) is 2.96. The van der Waals surface area contributed by atoms with E-state index >= 15 is 0 Å². The van der Waals surface area contributed by atoms with E-state index in [1.165, 1.54) is 19.2 Å². The van der Waals surface area contributed by atoms with Crippen LogP contribution in [0.25, 0.3) is 11.0 Å². The van der Waals surface area contributed by atoms with Crippen LogP contribution in [0, 0.1) is 6.92 Å². The van der Waals surface area contributed by atoms with Crippen LogP contribution >= 0.6 is 0 Å². The fourth-order valence-corrected chi connectivity index (χ4v) is 3.44. The van der Waals surface area contributed by atoms with Crippen LogP contribution in [0.5, 0.6) is 5.75 Å². The number of methoxy groups -OCH3 is 1. The van der Waals surface area contributed by atoms with Crippen LogP contribution in [0.3, 0.4) is 0 Å². The van der Waals surface area contributed by atoms with Gasteiger partial charge in [-0.25, -0.2) is 9.36 Å². The van der Waals surface area contributed by atoms with Gasteiger partial charge >= 0.3 is 5.63 Å². The summed E-state index contributed by atoms with van der Waals surface area (Å²) in [7, 11) is -0.674. The summed E-state index contributed by atoms with van der Waals surface area (Å²) in [5, 5.41) is 0.670. The Kier molecular flexibility index (Phi) is 7.05. The number of rotatable bonds is 4. The molecule has 0 atom stereocenters. The van der Waals surface area contributed by atoms with E-state index in [9.17, 15) is 18.0 Å². The summed E-state index contributed by atoms with van der Waals surface area (Å²) in [5.41, 5.74) is 1.14. The van der Waals surface area contributed by atoms with Crippen molar-refractivity contribution in [2.75, 3.05) is 7.11 Å². The third-order valence-electron chi connectivity index (χ3n) is 4.71. The first-order chi connectivity index (χ1) is 15.6. The molecule has 8 nitrogen and oxygen atoms in total. The van der Waals surface area contributed by atoms with Crippen LogP contribution in [0.15, 0.2) is 87.2 Å². The number of benzene rings is 2. The molecule has 2 aromatic carbocycles. The SMILES string of the molecule is COc1ccc2cc(C(=O)c3ccc[n+](C)c3)c(=O)oc2c1.Cc1ccc(S(=O)(=O)O)cc1. The van der Waals surface area contributed by atoms with Gasteiger partial charge in [-0.1, -0.05) is 17.7 Å². The Bertz CT molecular complexity index is 1470. The van der Waals surface area contributed by atoms with E-state index in [1.807, 2.05) is 20.2 Å². The van der Waals surface area contributed by atoms with E-state index in [4.69, 9.17) is 13.7 Å². The first-order valence-corrected chi connectivity index (χ1v) is 11.2. The van der Waals surface area contributed by atoms with Gasteiger partial charge in [0.05, 0.1) is 17.6 Å². The summed E-state index contributed by atoms with van der Waals surface area (Å²) in [5.74, 6) is 0.229. The zero-order chi connectivity index (χ0) is 24.2. The van der Waals surface area contributed by atoms with Gasteiger partial charge in [-0.2, -0.15) is 8.42 Å². The summed E-state index contributed by atoms with van der Waals surface area (Å²) in [6.45, 7) is 1.84. The summed E-state index contributed by atoms with van der Waals surface area (Å²) in [6.07, 6.45) is 3.48. The van der Waals surface area contributed by atoms with Gasteiger partial charge < -0.3 is 9.15 Å². The molecule has 170 valence electrons. The van der Waals surface area contributed by atoms with E-state index in [0.29, 0.717) is 22.3 Å². The second-order valence-corrected chi connectivity index (χ2v) is 8.65. The number of hydrogen-bond donors (Lipinski definition) is 1. The van der Waals surface area contributed by atoms with Gasteiger partial charge in [0.25, 0.3) is 10.1 Å². The average molecular weight is 469 g/mol. The lowest BCUT2D eigenvalue weighted by molar-refractivity contribution is -0.671. The lowest BCUT2D eigenvalue weighted by atomic mass is 10.1. The largest absolute Gasteiger partial charge is 0.497 e. The maximum atomic E-state index is 12.5. The summed E-state index contributed by atoms with van der Waals surface area (Å²) < 4.78 is 41.6. The van der Waals surface area contributed by atoms with Crippen molar-refractivity contribution < 1.29 is 31.5 Å². The van der Waals surface area contributed by atoms with Gasteiger partial charge in [-0.05, 0) is 43.3 Å². The predicted molar refractivity (Wildman–Crippen MR) is 121 cm³/mol. The van der Waals surface area contributed by atoms with Crippen LogP contribution in [0.2, 0.25) is 0 Å². The molecule has 0 aliphatic carbocycles. The maximum Gasteiger partial charge on any atom is 0.347 e. The predicted octanol–water partition coefficient (Wildman–Crippen LogP) is 3.10. The molecule has 4 aromatic rings. The smallest absolute Gasteiger partial charge is 0.347 e. The molecule has 0 bridgehead atoms. The quantitative estimate of drug-likeness (QED) is 0.212. The molecule has 0 saturated heterocycles. The number of pyridine rings is 1. The molecular formula is C24H22NO7S+. The molecule has 0 unspecified atom stereocenters. The van der Waals surface area contributed by atoms with Gasteiger partial charge in [-0.3, -0.25) is 9.35 Å². The van der Waals surface area contributed by atoms with Crippen molar-refractivity contribution in [3.63, 3.8) is 0 Å². The van der Waals surface area contributed by atoms with Crippen molar-refractivity contribution in [2.45, 2.75) is 11.8 Å². The van der Waals surface area contributed by atoms with E-state index in [-0.39, 0.29) is 16.2 Å². The lowest BCUT2D eigenvalue weighted by Gasteiger charge is -2.03. The van der Waals surface area contributed by atoms with Crippen LogP contribution in [0.4, 0.5) is 0 Å². The first kappa shape index (κ1) is 23.8. The Morgan fingerprint density at radius 1 is 1.06 bits per heavy atom. The summed E-state index contributed by atoms with van der Waals surface area (Å²) in [6, 6.07) is 16.1. The first-order valence-electron chi connectivity index (χ1n) is 9.74. The Labute approximate surface area is 190 Å². The van der Waals surface area contributed by atoms with E-state index in [1.54, 1.807) is 59.3 Å². The van der Waals surface area contributed by atoms with Crippen molar-refractivity contribution in [1.29, 1.82) is 0 Å². The fraction of sp³-hybridized carbons (Fsp3) is 0.125. The molecule has 0 spiro atoms. The third kappa shape index (κ3) is 5.91. The minimum atomic E-state index is -4.02. The number of ketones is 1. The van der Waals surface area contributed by atoms with E-state index < -0.39 is 15.7 Å². The molecule has 0 saturated carbocycles. The van der Waals surface area contributed by atoms with Gasteiger partial charge in [0.1, 0.15) is 23.9 Å². The highest BCUT2D eigenvalue weighted by Gasteiger charge is 2.18. The summed E-state index contributed by atoms with van der Waals surface area (Å²) in [4.78, 5) is 24.5. The standard InChI is InChI=1S/C17H14NO4.C7H8O3S/c1-18-7-3-4-12(10-18)16(19)14-8-11-5-6-13(21-2)9-15(11)22-17(14)20;1-6-2-4-7(5-3-6)11(8,9)10/h3-10H,1-2H3;2-5H,1H3,(H,8,9,10)/q+1;. The van der Waals surface area contributed by atoms with Crippen LogP contribution in [-0.2, 0) is 17.2 Å². The monoisotopic (exact) mass is 468 g/mol. The van der Waals surface area contributed by atoms with Crippen LogP contribution in [-0.4, -0.2) is 25.9 Å². The number of carbonyl (C=O) groups is 1. The zero-order valence-corrected chi connectivity index (χ0v) is 19.0. The zero-order valence-electron chi connectivity index (χ0n) is 18.2. The second-order valence-electron chi connectivity index (χ2n) is 7.23. The normalized spacial score (nSPS) is 10.9. The highest BCUT2D eigenvalue weighted by atomic mass is 32.2. The highest BCUT2D eigenvalue weighted by molar-refractivity contribution is 7.85. The third-order valence-corrected chi connectivity index (χ3v) is 5.58. The summed E-state index contributed by atoms with van der Waals surface area (Å²) >= 11 is 0. The Morgan fingerprint density at radius 3 is 2.36 bits per heavy atom. The molecule has 33 heavy (non-hydrogen) atoms. The number of aromatic nitrogens is 1. The molecule has 0 aliphatic rings. The van der Waals surface area contributed by atoms with Crippen molar-refractivity contribution in [1.82, 2.24) is 0 Å². The van der Waals surface area contributed by atoms with Crippen LogP contribution in [0.1, 0.15) is 21.5 Å². The van der Waals surface area contributed by atoms with Gasteiger partial charge in [0.15, 0.2) is 12.4 Å². The number of aryl methyl sites for hydroxylation is 2. The number of hydrogen-bond acceptors (Lipinski definition) is 6. The number of ether oxygens (including phenoxy) is 1. The van der Waals surface area contributed by atoms with E-state index in [0.717, 1.165) is 5.56 Å². The van der Waals surface area contributed by atoms with Crippen molar-refractivity contribution in [3.8, 4) is 5.75 Å². The molecule has 1 N–H and O–H groups in total. The maximum absolute atomic E-state index is 12.5. The molecular weight excluding hydrogens is 446 g/mol. The number of fused-ring (bicyclic) bond motifs is 1.